The molecule has 0 atom stereocenters. The largest absolute Gasteiger partial charge is 0.465 e. The van der Waals surface area contributed by atoms with Crippen molar-refractivity contribution in [2.24, 2.45) is 0 Å². The van der Waals surface area contributed by atoms with Crippen LogP contribution in [0.3, 0.4) is 0 Å². The molecule has 2 aromatic carbocycles. The number of methoxy groups -OCH3 is 1. The molecule has 0 bridgehead atoms. The number of ether oxygens (including phenoxy) is 1. The van der Waals surface area contributed by atoms with Gasteiger partial charge in [0.15, 0.2) is 0 Å². The molecule has 0 fully saturated rings. The first-order chi connectivity index (χ1) is 12.0. The van der Waals surface area contributed by atoms with Crippen molar-refractivity contribution in [1.82, 2.24) is 4.90 Å². The summed E-state index contributed by atoms with van der Waals surface area (Å²) in [7, 11) is 3.13. The molecule has 0 heterocycles. The number of hydrogen-bond donors (Lipinski definition) is 0. The van der Waals surface area contributed by atoms with Crippen LogP contribution >= 0.6 is 0 Å². The van der Waals surface area contributed by atoms with Crippen molar-refractivity contribution < 1.29 is 14.3 Å². The summed E-state index contributed by atoms with van der Waals surface area (Å²) >= 11 is 0. The van der Waals surface area contributed by atoms with Gasteiger partial charge in [-0.1, -0.05) is 43.3 Å². The Labute approximate surface area is 148 Å². The third-order valence-electron chi connectivity index (χ3n) is 3.98. The monoisotopic (exact) mass is 337 g/mol. The first-order valence-electron chi connectivity index (χ1n) is 8.23. The van der Waals surface area contributed by atoms with E-state index in [0.29, 0.717) is 12.1 Å². The van der Waals surface area contributed by atoms with E-state index in [4.69, 9.17) is 0 Å². The predicted molar refractivity (Wildman–Crippen MR) is 99.1 cm³/mol. The van der Waals surface area contributed by atoms with E-state index < -0.39 is 0 Å². The topological polar surface area (TPSA) is 46.6 Å². The summed E-state index contributed by atoms with van der Waals surface area (Å²) in [5.74, 6) is -0.447. The van der Waals surface area contributed by atoms with Crippen molar-refractivity contribution in [3.8, 4) is 0 Å². The molecule has 2 aromatic rings. The highest BCUT2D eigenvalue weighted by atomic mass is 16.5. The van der Waals surface area contributed by atoms with E-state index >= 15 is 0 Å². The Kier molecular flexibility index (Phi) is 6.52. The lowest BCUT2D eigenvalue weighted by molar-refractivity contribution is -0.125. The van der Waals surface area contributed by atoms with Crippen LogP contribution in [-0.2, 0) is 22.5 Å². The molecule has 25 heavy (non-hydrogen) atoms. The zero-order valence-electron chi connectivity index (χ0n) is 14.9. The molecule has 0 N–H and O–H groups in total. The molecule has 0 spiro atoms. The van der Waals surface area contributed by atoms with Crippen LogP contribution in [0.4, 0.5) is 0 Å². The second-order valence-electron chi connectivity index (χ2n) is 5.81. The Bertz CT molecular complexity index is 746. The molecule has 0 aliphatic rings. The maximum Gasteiger partial charge on any atom is 0.337 e. The fraction of sp³-hybridized carbons (Fsp3) is 0.238. The lowest BCUT2D eigenvalue weighted by Crippen LogP contribution is -2.24. The molecule has 0 aliphatic carbocycles. The van der Waals surface area contributed by atoms with E-state index in [9.17, 15) is 9.59 Å². The third kappa shape index (κ3) is 5.31. The van der Waals surface area contributed by atoms with Crippen LogP contribution < -0.4 is 0 Å². The normalized spacial score (nSPS) is 10.7. The van der Waals surface area contributed by atoms with Gasteiger partial charge in [-0.25, -0.2) is 4.79 Å². The Balaban J connectivity index is 1.95. The van der Waals surface area contributed by atoms with E-state index in [1.807, 2.05) is 0 Å². The zero-order valence-corrected chi connectivity index (χ0v) is 14.9. The van der Waals surface area contributed by atoms with Gasteiger partial charge in [0.1, 0.15) is 0 Å². The summed E-state index contributed by atoms with van der Waals surface area (Å²) in [6.07, 6.45) is 4.28. The highest BCUT2D eigenvalue weighted by Gasteiger charge is 2.06. The number of amides is 1. The van der Waals surface area contributed by atoms with Crippen molar-refractivity contribution in [1.29, 1.82) is 0 Å². The predicted octanol–water partition coefficient (Wildman–Crippen LogP) is 3.71. The average molecular weight is 337 g/mol. The van der Waals surface area contributed by atoms with Gasteiger partial charge in [-0.3, -0.25) is 4.79 Å². The van der Waals surface area contributed by atoms with Gasteiger partial charge >= 0.3 is 5.97 Å². The number of aryl methyl sites for hydroxylation is 1. The number of hydrogen-bond acceptors (Lipinski definition) is 3. The van der Waals surface area contributed by atoms with E-state index in [1.165, 1.54) is 18.7 Å². The first kappa shape index (κ1) is 18.5. The Hall–Kier alpha value is -2.88. The van der Waals surface area contributed by atoms with Gasteiger partial charge in [0.2, 0.25) is 5.91 Å². The standard InChI is InChI=1S/C21H23NO3/c1-4-16-5-7-18(8-6-16)15-22(2)20(23)14-11-17-9-12-19(13-10-17)21(24)25-3/h5-14H,4,15H2,1-3H3/b14-11-. The number of esters is 1. The number of likely N-dealkylation sites (N-methyl/N-ethyl adjacent to an activating group) is 1. The van der Waals surface area contributed by atoms with Gasteiger partial charge in [0, 0.05) is 19.7 Å². The quantitative estimate of drug-likeness (QED) is 0.596. The van der Waals surface area contributed by atoms with Crippen LogP contribution in [0.25, 0.3) is 6.08 Å². The molecule has 4 heteroatoms. The summed E-state index contributed by atoms with van der Waals surface area (Å²) in [6.45, 7) is 2.68. The average Bonchev–Trinajstić information content (AvgIpc) is 2.66. The Morgan fingerprint density at radius 1 is 1.00 bits per heavy atom. The number of benzene rings is 2. The first-order valence-corrected chi connectivity index (χ1v) is 8.23. The fourth-order valence-corrected chi connectivity index (χ4v) is 2.38. The van der Waals surface area contributed by atoms with Gasteiger partial charge in [0.05, 0.1) is 12.7 Å². The smallest absolute Gasteiger partial charge is 0.337 e. The molecule has 0 radical (unpaired) electrons. The fourth-order valence-electron chi connectivity index (χ4n) is 2.38. The van der Waals surface area contributed by atoms with Crippen LogP contribution in [-0.4, -0.2) is 30.9 Å². The molecule has 0 aliphatic heterocycles. The van der Waals surface area contributed by atoms with Crippen molar-refractivity contribution in [3.05, 3.63) is 76.9 Å². The number of carbonyl (C=O) groups is 2. The van der Waals surface area contributed by atoms with Crippen molar-refractivity contribution in [2.75, 3.05) is 14.2 Å². The highest BCUT2D eigenvalue weighted by molar-refractivity contribution is 5.92. The van der Waals surface area contributed by atoms with E-state index in [1.54, 1.807) is 42.3 Å². The molecule has 0 unspecified atom stereocenters. The lowest BCUT2D eigenvalue weighted by Gasteiger charge is -2.15. The maximum atomic E-state index is 12.2. The lowest BCUT2D eigenvalue weighted by atomic mass is 10.1. The SMILES string of the molecule is CCc1ccc(CN(C)C(=O)/C=C\c2ccc(C(=O)OC)cc2)cc1. The summed E-state index contributed by atoms with van der Waals surface area (Å²) in [5, 5.41) is 0. The molecular formula is C21H23NO3. The van der Waals surface area contributed by atoms with Crippen molar-refractivity contribution in [2.45, 2.75) is 19.9 Å². The van der Waals surface area contributed by atoms with Crippen LogP contribution in [0.15, 0.2) is 54.6 Å². The molecule has 0 saturated carbocycles. The zero-order chi connectivity index (χ0) is 18.2. The van der Waals surface area contributed by atoms with Crippen LogP contribution in [0.5, 0.6) is 0 Å². The van der Waals surface area contributed by atoms with Crippen molar-refractivity contribution in [3.63, 3.8) is 0 Å². The highest BCUT2D eigenvalue weighted by Crippen LogP contribution is 2.10. The number of carbonyl (C=O) groups excluding carboxylic acids is 2. The van der Waals surface area contributed by atoms with Crippen LogP contribution in [0, 0.1) is 0 Å². The van der Waals surface area contributed by atoms with Gasteiger partial charge in [-0.15, -0.1) is 0 Å². The second-order valence-corrected chi connectivity index (χ2v) is 5.81. The Morgan fingerprint density at radius 2 is 1.60 bits per heavy atom. The van der Waals surface area contributed by atoms with E-state index in [2.05, 4.69) is 35.9 Å². The van der Waals surface area contributed by atoms with Gasteiger partial charge in [0.25, 0.3) is 0 Å². The van der Waals surface area contributed by atoms with Gasteiger partial charge in [-0.2, -0.15) is 0 Å². The minimum absolute atomic E-state index is 0.0726. The van der Waals surface area contributed by atoms with E-state index in [-0.39, 0.29) is 11.9 Å². The van der Waals surface area contributed by atoms with E-state index in [0.717, 1.165) is 17.5 Å². The summed E-state index contributed by atoms with van der Waals surface area (Å²) in [4.78, 5) is 25.3. The maximum absolute atomic E-state index is 12.2. The summed E-state index contributed by atoms with van der Waals surface area (Å²) in [6, 6.07) is 15.2. The van der Waals surface area contributed by atoms with Crippen LogP contribution in [0.2, 0.25) is 0 Å². The summed E-state index contributed by atoms with van der Waals surface area (Å²) < 4.78 is 4.66. The Morgan fingerprint density at radius 3 is 2.16 bits per heavy atom. The molecule has 4 nitrogen and oxygen atoms in total. The number of nitrogens with zero attached hydrogens (tertiary/aromatic N) is 1. The van der Waals surface area contributed by atoms with Crippen LogP contribution in [0.1, 0.15) is 34.0 Å². The summed E-state index contributed by atoms with van der Waals surface area (Å²) in [5.41, 5.74) is 3.72. The minimum Gasteiger partial charge on any atom is -0.465 e. The third-order valence-corrected chi connectivity index (χ3v) is 3.98. The number of rotatable bonds is 6. The molecule has 2 rings (SSSR count). The molecule has 130 valence electrons. The molecule has 1 amide bonds. The molecule has 0 saturated heterocycles. The van der Waals surface area contributed by atoms with Crippen molar-refractivity contribution >= 4 is 18.0 Å². The minimum atomic E-state index is -0.375. The second kappa shape index (κ2) is 8.83. The van der Waals surface area contributed by atoms with Gasteiger partial charge in [-0.05, 0) is 41.3 Å². The molecule has 0 aromatic heterocycles. The van der Waals surface area contributed by atoms with Gasteiger partial charge < -0.3 is 9.64 Å². The molecular weight excluding hydrogens is 314 g/mol.